The summed E-state index contributed by atoms with van der Waals surface area (Å²) in [6.07, 6.45) is 14.3. The first kappa shape index (κ1) is 30.6. The molecule has 3 heterocycles. The van der Waals surface area contributed by atoms with Crippen LogP contribution in [0.25, 0.3) is 16.6 Å². The van der Waals surface area contributed by atoms with Gasteiger partial charge in [-0.25, -0.2) is 17.5 Å². The molecule has 0 bridgehead atoms. The average molecular weight is 598 g/mol. The Balaban J connectivity index is 1.27. The van der Waals surface area contributed by atoms with Crippen LogP contribution in [-0.4, -0.2) is 78.7 Å². The molecule has 0 radical (unpaired) electrons. The van der Waals surface area contributed by atoms with Crippen LogP contribution in [0, 0.1) is 11.7 Å². The third kappa shape index (κ3) is 7.03. The lowest BCUT2D eigenvalue weighted by molar-refractivity contribution is 0.0754. The van der Waals surface area contributed by atoms with E-state index in [1.165, 1.54) is 24.0 Å². The Kier molecular flexibility index (Phi) is 9.34. The van der Waals surface area contributed by atoms with Crippen molar-refractivity contribution in [1.29, 1.82) is 0 Å². The number of rotatable bonds is 9. The first-order valence-corrected chi connectivity index (χ1v) is 17.1. The quantitative estimate of drug-likeness (QED) is 0.361. The lowest BCUT2D eigenvalue weighted by atomic mass is 9.84. The number of nitrogens with zero attached hydrogens (tertiary/aromatic N) is 4. The summed E-state index contributed by atoms with van der Waals surface area (Å²) in [7, 11) is -1.39. The molecule has 10 heteroatoms. The molecule has 0 spiro atoms. The highest BCUT2D eigenvalue weighted by Crippen LogP contribution is 2.37. The van der Waals surface area contributed by atoms with Gasteiger partial charge in [0.05, 0.1) is 29.2 Å². The molecule has 228 valence electrons. The topological polar surface area (TPSA) is 87.5 Å². The molecule has 1 aliphatic carbocycles. The maximum absolute atomic E-state index is 14.4. The van der Waals surface area contributed by atoms with Gasteiger partial charge in [0.25, 0.3) is 5.91 Å². The minimum atomic E-state index is -3.14. The van der Waals surface area contributed by atoms with Crippen LogP contribution >= 0.6 is 0 Å². The van der Waals surface area contributed by atoms with Gasteiger partial charge in [0.15, 0.2) is 0 Å². The van der Waals surface area contributed by atoms with Crippen LogP contribution in [-0.2, 0) is 10.0 Å². The fourth-order valence-electron chi connectivity index (χ4n) is 6.64. The average Bonchev–Trinajstić information content (AvgIpc) is 3.35. The van der Waals surface area contributed by atoms with Gasteiger partial charge >= 0.3 is 0 Å². The normalized spacial score (nSPS) is 20.8. The Labute approximate surface area is 249 Å². The SMILES string of the molecule is CC(C)N(C)C(=O)c1cc(F)ccc1-n1cc(C2CCN(CCC3CCC(NS(C)(=O)=O)CC3)CC2)c2ccncc21. The second kappa shape index (κ2) is 12.8. The van der Waals surface area contributed by atoms with Crippen molar-refractivity contribution in [3.63, 3.8) is 0 Å². The van der Waals surface area contributed by atoms with E-state index >= 15 is 0 Å². The number of fused-ring (bicyclic) bond motifs is 1. The third-order valence-electron chi connectivity index (χ3n) is 9.29. The van der Waals surface area contributed by atoms with E-state index in [2.05, 4.69) is 20.8 Å². The van der Waals surface area contributed by atoms with Gasteiger partial charge in [-0.1, -0.05) is 0 Å². The Bertz CT molecular complexity index is 1510. The highest BCUT2D eigenvalue weighted by molar-refractivity contribution is 7.88. The molecular weight excluding hydrogens is 553 g/mol. The summed E-state index contributed by atoms with van der Waals surface area (Å²) in [5, 5.41) is 1.13. The van der Waals surface area contributed by atoms with Crippen LogP contribution in [0.3, 0.4) is 0 Å². The maximum atomic E-state index is 14.4. The molecule has 1 saturated heterocycles. The summed E-state index contributed by atoms with van der Waals surface area (Å²) in [5.41, 5.74) is 3.18. The smallest absolute Gasteiger partial charge is 0.256 e. The predicted octanol–water partition coefficient (Wildman–Crippen LogP) is 5.32. The van der Waals surface area contributed by atoms with E-state index < -0.39 is 15.8 Å². The van der Waals surface area contributed by atoms with Crippen molar-refractivity contribution in [2.24, 2.45) is 5.92 Å². The second-order valence-electron chi connectivity index (χ2n) is 12.5. The zero-order valence-corrected chi connectivity index (χ0v) is 26.0. The van der Waals surface area contributed by atoms with Crippen LogP contribution in [0.2, 0.25) is 0 Å². The summed E-state index contributed by atoms with van der Waals surface area (Å²) in [6, 6.07) is 6.57. The minimum absolute atomic E-state index is 0.00986. The fourth-order valence-corrected chi connectivity index (χ4v) is 7.48. The fraction of sp³-hybridized carbons (Fsp3) is 0.562. The molecule has 0 atom stereocenters. The number of carbonyl (C=O) groups excluding carboxylic acids is 1. The number of aromatic nitrogens is 2. The van der Waals surface area contributed by atoms with Crippen molar-refractivity contribution in [1.82, 2.24) is 24.1 Å². The Morgan fingerprint density at radius 2 is 1.83 bits per heavy atom. The van der Waals surface area contributed by atoms with Gasteiger partial charge in [-0.15, -0.1) is 0 Å². The van der Waals surface area contributed by atoms with Gasteiger partial charge in [0.2, 0.25) is 10.0 Å². The largest absolute Gasteiger partial charge is 0.339 e. The zero-order chi connectivity index (χ0) is 30.0. The molecule has 2 aromatic heterocycles. The van der Waals surface area contributed by atoms with Gasteiger partial charge in [0, 0.05) is 36.9 Å². The highest BCUT2D eigenvalue weighted by Gasteiger charge is 2.28. The van der Waals surface area contributed by atoms with E-state index in [1.54, 1.807) is 18.0 Å². The second-order valence-corrected chi connectivity index (χ2v) is 14.3. The van der Waals surface area contributed by atoms with Gasteiger partial charge in [-0.2, -0.15) is 0 Å². The van der Waals surface area contributed by atoms with Crippen LogP contribution in [0.1, 0.15) is 80.6 Å². The summed E-state index contributed by atoms with van der Waals surface area (Å²) < 4.78 is 42.2. The molecule has 1 N–H and O–H groups in total. The summed E-state index contributed by atoms with van der Waals surface area (Å²) in [4.78, 5) is 21.9. The minimum Gasteiger partial charge on any atom is -0.339 e. The van der Waals surface area contributed by atoms with Gasteiger partial charge in [-0.05, 0) is 120 Å². The summed E-state index contributed by atoms with van der Waals surface area (Å²) >= 11 is 0. The number of pyridine rings is 1. The lowest BCUT2D eigenvalue weighted by Crippen LogP contribution is -2.38. The van der Waals surface area contributed by atoms with Crippen LogP contribution < -0.4 is 4.72 Å². The van der Waals surface area contributed by atoms with Crippen LogP contribution in [0.4, 0.5) is 4.39 Å². The molecule has 2 fully saturated rings. The van der Waals surface area contributed by atoms with Crippen molar-refractivity contribution < 1.29 is 17.6 Å². The van der Waals surface area contributed by atoms with E-state index in [-0.39, 0.29) is 18.0 Å². The molecular formula is C32H44FN5O3S. The Hall–Kier alpha value is -2.82. The molecule has 1 aromatic carbocycles. The molecule has 42 heavy (non-hydrogen) atoms. The number of piperidine rings is 1. The van der Waals surface area contributed by atoms with Gasteiger partial charge in [0.1, 0.15) is 5.82 Å². The van der Waals surface area contributed by atoms with E-state index in [4.69, 9.17) is 0 Å². The van der Waals surface area contributed by atoms with Crippen molar-refractivity contribution in [2.75, 3.05) is 32.9 Å². The molecule has 3 aromatic rings. The number of amides is 1. The van der Waals surface area contributed by atoms with Crippen LogP contribution in [0.15, 0.2) is 42.9 Å². The van der Waals surface area contributed by atoms with E-state index in [0.29, 0.717) is 23.1 Å². The first-order chi connectivity index (χ1) is 20.0. The van der Waals surface area contributed by atoms with Gasteiger partial charge < -0.3 is 14.4 Å². The maximum Gasteiger partial charge on any atom is 0.256 e. The monoisotopic (exact) mass is 597 g/mol. The van der Waals surface area contributed by atoms with Gasteiger partial charge in [-0.3, -0.25) is 9.78 Å². The Morgan fingerprint density at radius 1 is 1.12 bits per heavy atom. The number of carbonyl (C=O) groups is 1. The number of hydrogen-bond acceptors (Lipinski definition) is 5. The molecule has 1 aliphatic heterocycles. The molecule has 2 aliphatic rings. The van der Waals surface area contributed by atoms with E-state index in [9.17, 15) is 17.6 Å². The lowest BCUT2D eigenvalue weighted by Gasteiger charge is -2.34. The number of nitrogens with one attached hydrogen (secondary N) is 1. The number of hydrogen-bond donors (Lipinski definition) is 1. The Morgan fingerprint density at radius 3 is 2.50 bits per heavy atom. The number of sulfonamides is 1. The highest BCUT2D eigenvalue weighted by atomic mass is 32.2. The zero-order valence-electron chi connectivity index (χ0n) is 25.2. The molecule has 0 unspecified atom stereocenters. The van der Waals surface area contributed by atoms with E-state index in [0.717, 1.165) is 75.5 Å². The number of benzene rings is 1. The standard InChI is InChI=1S/C32H44FN5O3S/c1-22(2)36(3)32(39)28-19-25(33)7-10-30(28)38-21-29(27-11-15-34-20-31(27)38)24-13-17-37(18-14-24)16-12-23-5-8-26(9-6-23)35-42(4,40)41/h7,10-11,15,19-24,26,35H,5-6,8-9,12-14,16-18H2,1-4H3. The molecule has 5 rings (SSSR count). The number of likely N-dealkylation sites (tertiary alicyclic amines) is 1. The van der Waals surface area contributed by atoms with Crippen molar-refractivity contribution in [3.05, 3.63) is 59.8 Å². The first-order valence-electron chi connectivity index (χ1n) is 15.2. The van der Waals surface area contributed by atoms with Crippen molar-refractivity contribution >= 4 is 26.8 Å². The molecule has 1 saturated carbocycles. The number of halogens is 1. The van der Waals surface area contributed by atoms with Crippen LogP contribution in [0.5, 0.6) is 0 Å². The summed E-state index contributed by atoms with van der Waals surface area (Å²) in [5.74, 6) is 0.413. The summed E-state index contributed by atoms with van der Waals surface area (Å²) in [6.45, 7) is 7.04. The van der Waals surface area contributed by atoms with E-state index in [1.807, 2.05) is 36.9 Å². The van der Waals surface area contributed by atoms with Crippen molar-refractivity contribution in [3.8, 4) is 5.69 Å². The third-order valence-corrected chi connectivity index (χ3v) is 10.1. The van der Waals surface area contributed by atoms with Crippen molar-refractivity contribution in [2.45, 2.75) is 76.8 Å². The molecule has 8 nitrogen and oxygen atoms in total. The molecule has 1 amide bonds. The predicted molar refractivity (Wildman–Crippen MR) is 165 cm³/mol.